The van der Waals surface area contributed by atoms with E-state index in [1.807, 2.05) is 24.3 Å². The predicted octanol–water partition coefficient (Wildman–Crippen LogP) is 2.63. The van der Waals surface area contributed by atoms with Crippen molar-refractivity contribution >= 4 is 23.3 Å². The summed E-state index contributed by atoms with van der Waals surface area (Å²) in [5, 5.41) is 10.9. The Morgan fingerprint density at radius 1 is 1.12 bits per heavy atom. The average Bonchev–Trinajstić information content (AvgIpc) is 2.84. The van der Waals surface area contributed by atoms with Crippen LogP contribution in [0.2, 0.25) is 0 Å². The van der Waals surface area contributed by atoms with Crippen LogP contribution in [-0.2, 0) is 17.8 Å². The zero-order valence-electron chi connectivity index (χ0n) is 12.9. The van der Waals surface area contributed by atoms with Gasteiger partial charge in [0.15, 0.2) is 0 Å². The van der Waals surface area contributed by atoms with E-state index in [0.717, 1.165) is 28.2 Å². The number of rotatable bonds is 2. The topological polar surface area (TPSA) is 83.8 Å². The lowest BCUT2D eigenvalue weighted by Gasteiger charge is -2.28. The summed E-state index contributed by atoms with van der Waals surface area (Å²) < 4.78 is 13.5. The Hall–Kier alpha value is -3.29. The Morgan fingerprint density at radius 2 is 1.84 bits per heavy atom. The Labute approximate surface area is 141 Å². The lowest BCUT2D eigenvalue weighted by molar-refractivity contribution is -0.387. The molecule has 25 heavy (non-hydrogen) atoms. The molecule has 7 nitrogen and oxygen atoms in total. The third-order valence-electron chi connectivity index (χ3n) is 4.58. The van der Waals surface area contributed by atoms with E-state index in [9.17, 15) is 24.1 Å². The number of urea groups is 1. The molecular weight excluding hydrogens is 329 g/mol. The van der Waals surface area contributed by atoms with Crippen LogP contribution in [0.4, 0.5) is 20.6 Å². The van der Waals surface area contributed by atoms with Gasteiger partial charge in [-0.2, -0.15) is 4.39 Å². The number of imide groups is 1. The lowest BCUT2D eigenvalue weighted by Crippen LogP contribution is -2.39. The number of amides is 3. The second kappa shape index (κ2) is 5.37. The average molecular weight is 341 g/mol. The zero-order chi connectivity index (χ0) is 17.7. The van der Waals surface area contributed by atoms with E-state index < -0.39 is 34.4 Å². The van der Waals surface area contributed by atoms with Crippen LogP contribution in [0.5, 0.6) is 0 Å². The van der Waals surface area contributed by atoms with Gasteiger partial charge in [0.2, 0.25) is 5.82 Å². The first-order valence-corrected chi connectivity index (χ1v) is 7.62. The zero-order valence-corrected chi connectivity index (χ0v) is 12.9. The number of benzene rings is 2. The number of fused-ring (bicyclic) bond motifs is 2. The van der Waals surface area contributed by atoms with Crippen LogP contribution < -0.4 is 4.90 Å². The smallest absolute Gasteiger partial charge is 0.307 e. The van der Waals surface area contributed by atoms with Crippen LogP contribution >= 0.6 is 0 Å². The molecule has 2 aromatic carbocycles. The lowest BCUT2D eigenvalue weighted by atomic mass is 9.95. The minimum atomic E-state index is -1.02. The highest BCUT2D eigenvalue weighted by Gasteiger charge is 2.48. The molecule has 1 saturated heterocycles. The molecule has 0 radical (unpaired) electrons. The number of nitro benzene ring substituents is 1. The maximum absolute atomic E-state index is 13.5. The molecule has 2 aromatic rings. The first kappa shape index (κ1) is 15.3. The van der Waals surface area contributed by atoms with Crippen LogP contribution in [-0.4, -0.2) is 27.8 Å². The van der Waals surface area contributed by atoms with E-state index in [0.29, 0.717) is 13.0 Å². The Balaban J connectivity index is 1.73. The molecule has 2 aliphatic heterocycles. The largest absolute Gasteiger partial charge is 0.332 e. The summed E-state index contributed by atoms with van der Waals surface area (Å²) in [5.41, 5.74) is 1.19. The van der Waals surface area contributed by atoms with Gasteiger partial charge in [0.1, 0.15) is 6.04 Å². The highest BCUT2D eigenvalue weighted by Crippen LogP contribution is 2.34. The van der Waals surface area contributed by atoms with E-state index in [2.05, 4.69) is 0 Å². The van der Waals surface area contributed by atoms with Crippen molar-refractivity contribution in [3.8, 4) is 0 Å². The summed E-state index contributed by atoms with van der Waals surface area (Å²) in [6.07, 6.45) is 0.389. The minimum absolute atomic E-state index is 0.00144. The molecule has 8 heteroatoms. The van der Waals surface area contributed by atoms with Crippen LogP contribution in [0.1, 0.15) is 11.1 Å². The molecule has 0 saturated carbocycles. The number of nitrogens with zero attached hydrogens (tertiary/aromatic N) is 3. The molecule has 126 valence electrons. The number of carbonyl (C=O) groups excluding carboxylic acids is 2. The highest BCUT2D eigenvalue weighted by atomic mass is 19.1. The van der Waals surface area contributed by atoms with Crippen LogP contribution in [0.3, 0.4) is 0 Å². The van der Waals surface area contributed by atoms with E-state index in [1.54, 1.807) is 0 Å². The summed E-state index contributed by atoms with van der Waals surface area (Å²) in [6, 6.07) is 9.35. The fourth-order valence-corrected chi connectivity index (χ4v) is 3.33. The SMILES string of the molecule is O=C1C2Cc3ccccc3CN2C(=O)N1c1ccc(F)c([N+](=O)[O-])c1. The van der Waals surface area contributed by atoms with Gasteiger partial charge in [0.25, 0.3) is 5.91 Å². The van der Waals surface area contributed by atoms with E-state index >= 15 is 0 Å². The quantitative estimate of drug-likeness (QED) is 0.477. The molecule has 2 aliphatic rings. The van der Waals surface area contributed by atoms with Gasteiger partial charge in [0, 0.05) is 19.0 Å². The maximum Gasteiger partial charge on any atom is 0.332 e. The summed E-state index contributed by atoms with van der Waals surface area (Å²) >= 11 is 0. The molecule has 1 atom stereocenters. The number of hydrogen-bond acceptors (Lipinski definition) is 4. The first-order valence-electron chi connectivity index (χ1n) is 7.62. The van der Waals surface area contributed by atoms with E-state index in [4.69, 9.17) is 0 Å². The Morgan fingerprint density at radius 3 is 2.56 bits per heavy atom. The molecule has 0 aromatic heterocycles. The van der Waals surface area contributed by atoms with Crippen LogP contribution in [0.15, 0.2) is 42.5 Å². The molecule has 0 N–H and O–H groups in total. The number of nitro groups is 1. The summed E-state index contributed by atoms with van der Waals surface area (Å²) in [7, 11) is 0. The summed E-state index contributed by atoms with van der Waals surface area (Å²) in [5.74, 6) is -1.47. The van der Waals surface area contributed by atoms with Gasteiger partial charge in [-0.3, -0.25) is 14.9 Å². The number of halogens is 1. The molecule has 2 heterocycles. The van der Waals surface area contributed by atoms with Crippen molar-refractivity contribution in [3.63, 3.8) is 0 Å². The van der Waals surface area contributed by atoms with Crippen molar-refractivity contribution in [1.29, 1.82) is 0 Å². The summed E-state index contributed by atoms with van der Waals surface area (Å²) in [4.78, 5) is 37.8. The number of carbonyl (C=O) groups is 2. The van der Waals surface area contributed by atoms with Gasteiger partial charge in [-0.15, -0.1) is 0 Å². The predicted molar refractivity (Wildman–Crippen MR) is 85.4 cm³/mol. The van der Waals surface area contributed by atoms with E-state index in [1.165, 1.54) is 11.0 Å². The maximum atomic E-state index is 13.5. The second-order valence-electron chi connectivity index (χ2n) is 5.97. The Kier molecular flexibility index (Phi) is 3.28. The fraction of sp³-hybridized carbons (Fsp3) is 0.176. The molecule has 0 spiro atoms. The molecule has 1 fully saturated rings. The van der Waals surface area contributed by atoms with Crippen molar-refractivity contribution in [2.75, 3.05) is 4.90 Å². The van der Waals surface area contributed by atoms with Crippen molar-refractivity contribution in [1.82, 2.24) is 4.90 Å². The molecule has 0 aliphatic carbocycles. The minimum Gasteiger partial charge on any atom is -0.307 e. The van der Waals surface area contributed by atoms with Crippen molar-refractivity contribution in [2.45, 2.75) is 19.0 Å². The molecule has 4 rings (SSSR count). The van der Waals surface area contributed by atoms with Crippen molar-refractivity contribution < 1.29 is 18.9 Å². The molecule has 0 bridgehead atoms. The number of anilines is 1. The molecule has 1 unspecified atom stereocenters. The molecular formula is C17H12FN3O4. The van der Waals surface area contributed by atoms with Gasteiger partial charge in [0.05, 0.1) is 10.6 Å². The van der Waals surface area contributed by atoms with Gasteiger partial charge in [-0.1, -0.05) is 24.3 Å². The van der Waals surface area contributed by atoms with E-state index in [-0.39, 0.29) is 5.69 Å². The molecule has 3 amide bonds. The van der Waals surface area contributed by atoms with Gasteiger partial charge in [-0.25, -0.2) is 9.69 Å². The normalized spacial score (nSPS) is 19.0. The van der Waals surface area contributed by atoms with Gasteiger partial charge in [-0.05, 0) is 23.3 Å². The van der Waals surface area contributed by atoms with Crippen LogP contribution in [0.25, 0.3) is 0 Å². The third-order valence-corrected chi connectivity index (χ3v) is 4.58. The van der Waals surface area contributed by atoms with Gasteiger partial charge < -0.3 is 4.90 Å². The second-order valence-corrected chi connectivity index (χ2v) is 5.97. The number of hydrogen-bond donors (Lipinski definition) is 0. The first-order chi connectivity index (χ1) is 12.0. The highest BCUT2D eigenvalue weighted by molar-refractivity contribution is 6.21. The van der Waals surface area contributed by atoms with Crippen molar-refractivity contribution in [2.24, 2.45) is 0 Å². The standard InChI is InChI=1S/C17H12FN3O4/c18-13-6-5-12(8-14(13)21(24)25)20-16(22)15-7-10-3-1-2-4-11(10)9-19(15)17(20)23/h1-6,8,15H,7,9H2. The summed E-state index contributed by atoms with van der Waals surface area (Å²) in [6.45, 7) is 0.297. The van der Waals surface area contributed by atoms with Crippen LogP contribution in [0, 0.1) is 15.9 Å². The fourth-order valence-electron chi connectivity index (χ4n) is 3.33. The van der Waals surface area contributed by atoms with Crippen molar-refractivity contribution in [3.05, 3.63) is 69.5 Å². The Bertz CT molecular complexity index is 887. The monoisotopic (exact) mass is 341 g/mol. The van der Waals surface area contributed by atoms with Gasteiger partial charge >= 0.3 is 11.7 Å². The third kappa shape index (κ3) is 2.25.